The highest BCUT2D eigenvalue weighted by molar-refractivity contribution is 5.91. The lowest BCUT2D eigenvalue weighted by atomic mass is 9.78. The summed E-state index contributed by atoms with van der Waals surface area (Å²) in [7, 11) is 1.42. The van der Waals surface area contributed by atoms with E-state index in [4.69, 9.17) is 4.74 Å². The third-order valence-electron chi connectivity index (χ3n) is 4.64. The van der Waals surface area contributed by atoms with E-state index in [2.05, 4.69) is 19.2 Å². The Kier molecular flexibility index (Phi) is 5.58. The molecule has 22 heavy (non-hydrogen) atoms. The van der Waals surface area contributed by atoms with Gasteiger partial charge >= 0.3 is 0 Å². The van der Waals surface area contributed by atoms with Crippen LogP contribution in [0, 0.1) is 17.7 Å². The number of methoxy groups -OCH3 is 1. The maximum absolute atomic E-state index is 13.6. The molecule has 4 heteroatoms. The first kappa shape index (κ1) is 16.5. The molecule has 0 aromatic heterocycles. The number of hydrogen-bond acceptors (Lipinski definition) is 2. The van der Waals surface area contributed by atoms with Gasteiger partial charge in [0.05, 0.1) is 7.11 Å². The lowest BCUT2D eigenvalue weighted by Gasteiger charge is -2.34. The highest BCUT2D eigenvalue weighted by atomic mass is 19.1. The Morgan fingerprint density at radius 3 is 2.82 bits per heavy atom. The largest absolute Gasteiger partial charge is 0.494 e. The molecule has 0 bridgehead atoms. The van der Waals surface area contributed by atoms with E-state index in [9.17, 15) is 9.18 Å². The molecule has 1 aliphatic carbocycles. The van der Waals surface area contributed by atoms with Crippen LogP contribution >= 0.6 is 0 Å². The minimum Gasteiger partial charge on any atom is -0.494 e. The zero-order valence-electron chi connectivity index (χ0n) is 13.4. The second-order valence-corrected chi connectivity index (χ2v) is 6.11. The fraction of sp³-hybridized carbons (Fsp3) is 0.500. The molecule has 3 unspecified atom stereocenters. The third kappa shape index (κ3) is 4.09. The van der Waals surface area contributed by atoms with Crippen molar-refractivity contribution in [1.29, 1.82) is 0 Å². The lowest BCUT2D eigenvalue weighted by Crippen LogP contribution is -2.43. The van der Waals surface area contributed by atoms with Crippen LogP contribution < -0.4 is 10.1 Å². The van der Waals surface area contributed by atoms with E-state index in [1.54, 1.807) is 18.2 Å². The van der Waals surface area contributed by atoms with Crippen LogP contribution in [0.5, 0.6) is 5.75 Å². The highest BCUT2D eigenvalue weighted by Crippen LogP contribution is 2.29. The number of nitrogens with one attached hydrogen (secondary N) is 1. The zero-order valence-corrected chi connectivity index (χ0v) is 13.4. The average Bonchev–Trinajstić information content (AvgIpc) is 2.50. The standard InChI is InChI=1S/C18H24FNO2/c1-12-5-4-6-16(13(12)2)20-18(21)10-8-14-7-9-17(22-3)15(19)11-14/h7-13,16H,4-6H2,1-3H3,(H,20,21). The van der Waals surface area contributed by atoms with E-state index in [0.717, 1.165) is 12.8 Å². The van der Waals surface area contributed by atoms with E-state index >= 15 is 0 Å². The van der Waals surface area contributed by atoms with Crippen LogP contribution in [0.2, 0.25) is 0 Å². The lowest BCUT2D eigenvalue weighted by molar-refractivity contribution is -0.117. The van der Waals surface area contributed by atoms with Gasteiger partial charge in [-0.15, -0.1) is 0 Å². The van der Waals surface area contributed by atoms with Crippen molar-refractivity contribution in [3.63, 3.8) is 0 Å². The van der Waals surface area contributed by atoms with Gasteiger partial charge in [0.15, 0.2) is 11.6 Å². The zero-order chi connectivity index (χ0) is 16.1. The Morgan fingerprint density at radius 2 is 2.14 bits per heavy atom. The molecule has 1 amide bonds. The van der Waals surface area contributed by atoms with E-state index in [-0.39, 0.29) is 17.7 Å². The topological polar surface area (TPSA) is 38.3 Å². The fourth-order valence-corrected chi connectivity index (χ4v) is 2.97. The molecule has 0 radical (unpaired) electrons. The quantitative estimate of drug-likeness (QED) is 0.860. The van der Waals surface area contributed by atoms with Crippen LogP contribution in [0.4, 0.5) is 4.39 Å². The summed E-state index contributed by atoms with van der Waals surface area (Å²) in [6.45, 7) is 4.43. The molecule has 0 saturated heterocycles. The first-order valence-corrected chi connectivity index (χ1v) is 7.83. The minimum absolute atomic E-state index is 0.123. The van der Waals surface area contributed by atoms with Crippen LogP contribution in [0.15, 0.2) is 24.3 Å². The van der Waals surface area contributed by atoms with Gasteiger partial charge in [-0.3, -0.25) is 4.79 Å². The van der Waals surface area contributed by atoms with Crippen LogP contribution in [-0.4, -0.2) is 19.1 Å². The predicted molar refractivity (Wildman–Crippen MR) is 86.1 cm³/mol. The van der Waals surface area contributed by atoms with E-state index in [1.807, 2.05) is 0 Å². The highest BCUT2D eigenvalue weighted by Gasteiger charge is 2.27. The molecule has 1 fully saturated rings. The first-order chi connectivity index (χ1) is 10.5. The van der Waals surface area contributed by atoms with E-state index < -0.39 is 5.82 Å². The van der Waals surface area contributed by atoms with Crippen LogP contribution in [0.3, 0.4) is 0 Å². The summed E-state index contributed by atoms with van der Waals surface area (Å²) in [5, 5.41) is 3.06. The molecular weight excluding hydrogens is 281 g/mol. The summed E-state index contributed by atoms with van der Waals surface area (Å²) in [6, 6.07) is 4.86. The van der Waals surface area contributed by atoms with Crippen molar-refractivity contribution in [2.75, 3.05) is 7.11 Å². The number of benzene rings is 1. The Balaban J connectivity index is 1.95. The van der Waals surface area contributed by atoms with E-state index in [0.29, 0.717) is 17.4 Å². The van der Waals surface area contributed by atoms with Crippen molar-refractivity contribution in [3.05, 3.63) is 35.7 Å². The Labute approximate surface area is 131 Å². The predicted octanol–water partition coefficient (Wildman–Crippen LogP) is 3.79. The molecule has 1 aromatic carbocycles. The van der Waals surface area contributed by atoms with Crippen LogP contribution in [-0.2, 0) is 4.79 Å². The molecular formula is C18H24FNO2. The summed E-state index contributed by atoms with van der Waals surface area (Å²) >= 11 is 0. The molecule has 1 saturated carbocycles. The van der Waals surface area contributed by atoms with Gasteiger partial charge in [0.25, 0.3) is 0 Å². The molecule has 120 valence electrons. The Hall–Kier alpha value is -1.84. The number of amides is 1. The summed E-state index contributed by atoms with van der Waals surface area (Å²) < 4.78 is 18.5. The number of ether oxygens (including phenoxy) is 1. The number of halogens is 1. The third-order valence-corrected chi connectivity index (χ3v) is 4.64. The molecule has 0 spiro atoms. The van der Waals surface area contributed by atoms with Gasteiger partial charge in [-0.2, -0.15) is 0 Å². The second-order valence-electron chi connectivity index (χ2n) is 6.11. The number of carbonyl (C=O) groups excluding carboxylic acids is 1. The normalized spacial score (nSPS) is 25.2. The van der Waals surface area contributed by atoms with Gasteiger partial charge in [-0.1, -0.05) is 32.8 Å². The van der Waals surface area contributed by atoms with Gasteiger partial charge < -0.3 is 10.1 Å². The molecule has 2 rings (SSSR count). The Morgan fingerprint density at radius 1 is 1.36 bits per heavy atom. The summed E-state index contributed by atoms with van der Waals surface area (Å²) in [5.74, 6) is 0.775. The maximum atomic E-state index is 13.6. The monoisotopic (exact) mass is 305 g/mol. The summed E-state index contributed by atoms with van der Waals surface area (Å²) in [5.41, 5.74) is 0.638. The van der Waals surface area contributed by atoms with Gasteiger partial charge in [0, 0.05) is 12.1 Å². The van der Waals surface area contributed by atoms with Crippen molar-refractivity contribution >= 4 is 12.0 Å². The van der Waals surface area contributed by atoms with Crippen LogP contribution in [0.25, 0.3) is 6.08 Å². The first-order valence-electron chi connectivity index (χ1n) is 7.83. The van der Waals surface area contributed by atoms with E-state index in [1.165, 1.54) is 25.7 Å². The summed E-state index contributed by atoms with van der Waals surface area (Å²) in [6.07, 6.45) is 6.50. The second kappa shape index (κ2) is 7.43. The molecule has 3 nitrogen and oxygen atoms in total. The van der Waals surface area contributed by atoms with Gasteiger partial charge in [0.2, 0.25) is 5.91 Å². The molecule has 0 aliphatic heterocycles. The van der Waals surface area contributed by atoms with Gasteiger partial charge in [-0.25, -0.2) is 4.39 Å². The molecule has 1 N–H and O–H groups in total. The SMILES string of the molecule is COc1ccc(C=CC(=O)NC2CCCC(C)C2C)cc1F. The minimum atomic E-state index is -0.431. The van der Waals surface area contributed by atoms with Gasteiger partial charge in [0.1, 0.15) is 0 Å². The van der Waals surface area contributed by atoms with Crippen molar-refractivity contribution in [2.24, 2.45) is 11.8 Å². The summed E-state index contributed by atoms with van der Waals surface area (Å²) in [4.78, 5) is 12.0. The molecule has 1 aromatic rings. The Bertz CT molecular complexity index is 556. The van der Waals surface area contributed by atoms with Crippen molar-refractivity contribution in [3.8, 4) is 5.75 Å². The van der Waals surface area contributed by atoms with Crippen molar-refractivity contribution in [1.82, 2.24) is 5.32 Å². The van der Waals surface area contributed by atoms with Gasteiger partial charge in [-0.05, 0) is 42.0 Å². The van der Waals surface area contributed by atoms with Crippen LogP contribution in [0.1, 0.15) is 38.7 Å². The number of carbonyl (C=O) groups is 1. The molecule has 1 aliphatic rings. The number of rotatable bonds is 4. The fourth-order valence-electron chi connectivity index (χ4n) is 2.97. The maximum Gasteiger partial charge on any atom is 0.244 e. The number of hydrogen-bond donors (Lipinski definition) is 1. The molecule has 0 heterocycles. The molecule has 3 atom stereocenters. The van der Waals surface area contributed by atoms with Crippen molar-refractivity contribution in [2.45, 2.75) is 39.2 Å². The smallest absolute Gasteiger partial charge is 0.244 e. The average molecular weight is 305 g/mol. The van der Waals surface area contributed by atoms with Crippen molar-refractivity contribution < 1.29 is 13.9 Å².